The van der Waals surface area contributed by atoms with Gasteiger partial charge in [0.2, 0.25) is 11.8 Å². The van der Waals surface area contributed by atoms with E-state index in [1.54, 1.807) is 4.90 Å². The quantitative estimate of drug-likeness (QED) is 0.666. The Morgan fingerprint density at radius 1 is 1.03 bits per heavy atom. The van der Waals surface area contributed by atoms with Gasteiger partial charge < -0.3 is 15.2 Å². The maximum atomic E-state index is 13.0. The lowest BCUT2D eigenvalue weighted by atomic mass is 9.96. The van der Waals surface area contributed by atoms with Crippen LogP contribution in [0.4, 0.5) is 13.2 Å². The van der Waals surface area contributed by atoms with Crippen LogP contribution in [-0.2, 0) is 22.2 Å². The first-order valence-corrected chi connectivity index (χ1v) is 10.2. The van der Waals surface area contributed by atoms with Gasteiger partial charge in [-0.3, -0.25) is 9.59 Å². The molecule has 0 aliphatic carbocycles. The molecule has 5 nitrogen and oxygen atoms in total. The predicted octanol–water partition coefficient (Wildman–Crippen LogP) is 3.89. The minimum atomic E-state index is -4.41. The van der Waals surface area contributed by atoms with Crippen LogP contribution in [0.15, 0.2) is 48.5 Å². The number of para-hydroxylation sites is 1. The van der Waals surface area contributed by atoms with E-state index in [-0.39, 0.29) is 24.3 Å². The smallest absolute Gasteiger partial charge is 0.354 e. The number of carbonyl (C=O) groups is 2. The fourth-order valence-corrected chi connectivity index (χ4v) is 4.66. The van der Waals surface area contributed by atoms with E-state index in [4.69, 9.17) is 0 Å². The largest absolute Gasteiger partial charge is 0.416 e. The van der Waals surface area contributed by atoms with Gasteiger partial charge in [-0.1, -0.05) is 30.3 Å². The number of nitrogens with one attached hydrogen (secondary N) is 2. The van der Waals surface area contributed by atoms with Crippen LogP contribution in [-0.4, -0.2) is 40.3 Å². The number of aromatic nitrogens is 1. The van der Waals surface area contributed by atoms with Crippen LogP contribution in [0.3, 0.4) is 0 Å². The molecule has 0 radical (unpaired) electrons. The number of amides is 2. The molecule has 2 fully saturated rings. The standard InChI is InChI=1S/C23H20F3N3O2/c24-23(25,26)14-9-7-13(8-10-14)20-16(15-4-1-2-5-17(15)27-20)12-18-22(31)29-11-3-6-19(29)21(30)28-18/h1-2,4-5,7-10,18-19,27H,3,6,11-12H2,(H,28,30)/t18-,19+/m0/s1. The van der Waals surface area contributed by atoms with Crippen molar-refractivity contribution in [2.24, 2.45) is 0 Å². The second kappa shape index (κ2) is 7.14. The minimum absolute atomic E-state index is 0.106. The third-order valence-corrected chi connectivity index (χ3v) is 6.18. The Morgan fingerprint density at radius 2 is 1.77 bits per heavy atom. The lowest BCUT2D eigenvalue weighted by Gasteiger charge is -2.34. The monoisotopic (exact) mass is 427 g/mol. The van der Waals surface area contributed by atoms with Crippen LogP contribution in [0.2, 0.25) is 0 Å². The van der Waals surface area contributed by atoms with Crippen LogP contribution in [0.5, 0.6) is 0 Å². The molecular weight excluding hydrogens is 407 g/mol. The Labute approximate surface area is 176 Å². The zero-order valence-electron chi connectivity index (χ0n) is 16.5. The third-order valence-electron chi connectivity index (χ3n) is 6.18. The number of rotatable bonds is 3. The summed E-state index contributed by atoms with van der Waals surface area (Å²) < 4.78 is 38.9. The fraction of sp³-hybridized carbons (Fsp3) is 0.304. The molecule has 8 heteroatoms. The molecule has 0 saturated carbocycles. The van der Waals surface area contributed by atoms with Crippen molar-refractivity contribution >= 4 is 22.7 Å². The number of carbonyl (C=O) groups excluding carboxylic acids is 2. The Balaban J connectivity index is 1.54. The highest BCUT2D eigenvalue weighted by Crippen LogP contribution is 2.35. The number of alkyl halides is 3. The van der Waals surface area contributed by atoms with Crippen molar-refractivity contribution in [3.8, 4) is 11.3 Å². The summed E-state index contributed by atoms with van der Waals surface area (Å²) in [5.41, 5.74) is 2.14. The highest BCUT2D eigenvalue weighted by atomic mass is 19.4. The van der Waals surface area contributed by atoms with Crippen LogP contribution >= 0.6 is 0 Å². The van der Waals surface area contributed by atoms with Crippen molar-refractivity contribution in [3.05, 3.63) is 59.7 Å². The van der Waals surface area contributed by atoms with Gasteiger partial charge in [0, 0.05) is 29.6 Å². The van der Waals surface area contributed by atoms with E-state index in [0.29, 0.717) is 24.2 Å². The van der Waals surface area contributed by atoms with Gasteiger partial charge in [0.05, 0.1) is 5.56 Å². The summed E-state index contributed by atoms with van der Waals surface area (Å²) in [6, 6.07) is 11.4. The maximum Gasteiger partial charge on any atom is 0.416 e. The molecular formula is C23H20F3N3O2. The predicted molar refractivity (Wildman–Crippen MR) is 109 cm³/mol. The number of hydrogen-bond donors (Lipinski definition) is 2. The van der Waals surface area contributed by atoms with E-state index in [9.17, 15) is 22.8 Å². The van der Waals surface area contributed by atoms with E-state index in [2.05, 4.69) is 10.3 Å². The first kappa shape index (κ1) is 19.7. The molecule has 0 bridgehead atoms. The average Bonchev–Trinajstić information content (AvgIpc) is 3.37. The Kier molecular flexibility index (Phi) is 4.53. The van der Waals surface area contributed by atoms with Crippen LogP contribution in [0.1, 0.15) is 24.0 Å². The summed E-state index contributed by atoms with van der Waals surface area (Å²) in [4.78, 5) is 30.4. The average molecular weight is 427 g/mol. The van der Waals surface area contributed by atoms with Gasteiger partial charge in [-0.15, -0.1) is 0 Å². The number of hydrogen-bond acceptors (Lipinski definition) is 2. The SMILES string of the molecule is O=C1N[C@@H](Cc2c(-c3ccc(C(F)(F)F)cc3)[nH]c3ccccc23)C(=O)N2CCC[C@H]12. The van der Waals surface area contributed by atoms with Crippen molar-refractivity contribution in [1.29, 1.82) is 0 Å². The molecule has 2 N–H and O–H groups in total. The lowest BCUT2D eigenvalue weighted by Crippen LogP contribution is -2.61. The topological polar surface area (TPSA) is 65.2 Å². The second-order valence-electron chi connectivity index (χ2n) is 8.05. The van der Waals surface area contributed by atoms with E-state index in [0.717, 1.165) is 35.0 Å². The molecule has 3 heterocycles. The van der Waals surface area contributed by atoms with E-state index in [1.807, 2.05) is 24.3 Å². The molecule has 31 heavy (non-hydrogen) atoms. The van der Waals surface area contributed by atoms with Gasteiger partial charge in [0.15, 0.2) is 0 Å². The van der Waals surface area contributed by atoms with Crippen molar-refractivity contribution in [3.63, 3.8) is 0 Å². The third kappa shape index (κ3) is 3.36. The van der Waals surface area contributed by atoms with Crippen molar-refractivity contribution < 1.29 is 22.8 Å². The molecule has 1 aromatic heterocycles. The van der Waals surface area contributed by atoms with Gasteiger partial charge in [-0.2, -0.15) is 13.2 Å². The zero-order valence-corrected chi connectivity index (χ0v) is 16.5. The van der Waals surface area contributed by atoms with E-state index < -0.39 is 17.8 Å². The zero-order chi connectivity index (χ0) is 21.8. The number of piperazine rings is 1. The molecule has 2 aromatic carbocycles. The first-order valence-electron chi connectivity index (χ1n) is 10.2. The summed E-state index contributed by atoms with van der Waals surface area (Å²) in [7, 11) is 0. The van der Waals surface area contributed by atoms with Crippen LogP contribution in [0.25, 0.3) is 22.2 Å². The molecule has 5 rings (SSSR count). The normalized spacial score (nSPS) is 21.5. The number of fused-ring (bicyclic) bond motifs is 2. The van der Waals surface area contributed by atoms with Crippen molar-refractivity contribution in [1.82, 2.24) is 15.2 Å². The van der Waals surface area contributed by atoms with E-state index >= 15 is 0 Å². The Bertz CT molecular complexity index is 1170. The van der Waals surface area contributed by atoms with Gasteiger partial charge >= 0.3 is 6.18 Å². The first-order chi connectivity index (χ1) is 14.8. The second-order valence-corrected chi connectivity index (χ2v) is 8.05. The molecule has 0 unspecified atom stereocenters. The highest BCUT2D eigenvalue weighted by molar-refractivity contribution is 5.98. The summed E-state index contributed by atoms with van der Waals surface area (Å²) in [6.45, 7) is 0.576. The van der Waals surface area contributed by atoms with Gasteiger partial charge in [-0.05, 0) is 42.2 Å². The maximum absolute atomic E-state index is 13.0. The Morgan fingerprint density at radius 3 is 2.52 bits per heavy atom. The van der Waals surface area contributed by atoms with Crippen molar-refractivity contribution in [2.75, 3.05) is 6.54 Å². The lowest BCUT2D eigenvalue weighted by molar-refractivity contribution is -0.146. The van der Waals surface area contributed by atoms with Gasteiger partial charge in [0.25, 0.3) is 0 Å². The summed E-state index contributed by atoms with van der Waals surface area (Å²) in [6.07, 6.45) is -2.67. The fourth-order valence-electron chi connectivity index (χ4n) is 4.66. The summed E-state index contributed by atoms with van der Waals surface area (Å²) >= 11 is 0. The molecule has 2 aliphatic heterocycles. The number of nitrogens with zero attached hydrogens (tertiary/aromatic N) is 1. The summed E-state index contributed by atoms with van der Waals surface area (Å²) in [5.74, 6) is -0.247. The number of aromatic amines is 1. The molecule has 2 saturated heterocycles. The van der Waals surface area contributed by atoms with Crippen LogP contribution in [0, 0.1) is 0 Å². The van der Waals surface area contributed by atoms with Gasteiger partial charge in [-0.25, -0.2) is 0 Å². The minimum Gasteiger partial charge on any atom is -0.354 e. The van der Waals surface area contributed by atoms with E-state index in [1.165, 1.54) is 12.1 Å². The number of benzene rings is 2. The van der Waals surface area contributed by atoms with Crippen LogP contribution < -0.4 is 5.32 Å². The molecule has 160 valence electrons. The molecule has 3 aromatic rings. The summed E-state index contributed by atoms with van der Waals surface area (Å²) in [5, 5.41) is 3.73. The number of H-pyrrole nitrogens is 1. The number of halogens is 3. The molecule has 2 atom stereocenters. The Hall–Kier alpha value is -3.29. The molecule has 2 aliphatic rings. The van der Waals surface area contributed by atoms with Gasteiger partial charge in [0.1, 0.15) is 12.1 Å². The molecule has 0 spiro atoms. The highest BCUT2D eigenvalue weighted by Gasteiger charge is 2.43. The molecule has 2 amide bonds. The van der Waals surface area contributed by atoms with Crippen molar-refractivity contribution in [2.45, 2.75) is 37.5 Å².